The fourth-order valence-electron chi connectivity index (χ4n) is 12.7. The number of benzene rings is 10. The molecule has 20 nitrogen and oxygen atoms in total. The van der Waals surface area contributed by atoms with Crippen LogP contribution in [0.15, 0.2) is 255 Å². The van der Waals surface area contributed by atoms with Gasteiger partial charge in [-0.25, -0.2) is 39.5 Å². The average molecular weight is 1740 g/mol. The van der Waals surface area contributed by atoms with Gasteiger partial charge in [0.15, 0.2) is 47.2 Å². The van der Waals surface area contributed by atoms with Gasteiger partial charge in [-0.2, -0.15) is 0 Å². The Hall–Kier alpha value is -11.2. The quantitative estimate of drug-likeness (QED) is 0.0107. The minimum absolute atomic E-state index is 0.0814. The Kier molecular flexibility index (Phi) is 37.8. The molecule has 0 amide bonds. The first-order valence-electron chi connectivity index (χ1n) is 41.9. The normalized spacial score (nSPS) is 11.6. The molecule has 0 saturated carbocycles. The molecular weight excluding hydrogens is 1630 g/mol. The summed E-state index contributed by atoms with van der Waals surface area (Å²) in [5, 5.41) is 67.7. The van der Waals surface area contributed by atoms with E-state index in [2.05, 4.69) is 69.3 Å². The van der Waals surface area contributed by atoms with Crippen LogP contribution in [-0.4, -0.2) is 156 Å². The first kappa shape index (κ1) is 93.6. The molecule has 0 radical (unpaired) electrons. The van der Waals surface area contributed by atoms with E-state index < -0.39 is 54.7 Å². The van der Waals surface area contributed by atoms with Crippen LogP contribution in [0.4, 0.5) is 0 Å². The van der Waals surface area contributed by atoms with E-state index in [0.717, 1.165) is 94.9 Å². The van der Waals surface area contributed by atoms with Crippen LogP contribution in [0.25, 0.3) is 113 Å². The van der Waals surface area contributed by atoms with Crippen molar-refractivity contribution in [3.63, 3.8) is 0 Å². The van der Waals surface area contributed by atoms with Crippen LogP contribution in [0, 0.1) is 10.8 Å². The van der Waals surface area contributed by atoms with Gasteiger partial charge in [0, 0.05) is 39.8 Å². The maximum atomic E-state index is 12.7. The number of carbonyl (C=O) groups excluding carboxylic acids is 2. The zero-order valence-electron chi connectivity index (χ0n) is 70.4. The van der Waals surface area contributed by atoms with Crippen LogP contribution in [0.5, 0.6) is 23.0 Å². The van der Waals surface area contributed by atoms with E-state index in [4.69, 9.17) is 64.2 Å². The van der Waals surface area contributed by atoms with E-state index >= 15 is 0 Å². The van der Waals surface area contributed by atoms with E-state index in [0.29, 0.717) is 65.4 Å². The van der Waals surface area contributed by atoms with Gasteiger partial charge in [-0.05, 0) is 102 Å². The van der Waals surface area contributed by atoms with E-state index in [1.807, 2.05) is 177 Å². The van der Waals surface area contributed by atoms with Crippen molar-refractivity contribution in [2.75, 3.05) is 46.2 Å². The molecule has 10 aromatic carbocycles. The van der Waals surface area contributed by atoms with Crippen molar-refractivity contribution in [2.24, 2.45) is 10.8 Å². The third-order valence-electron chi connectivity index (χ3n) is 21.0. The molecule has 0 aliphatic heterocycles. The first-order valence-corrected chi connectivity index (χ1v) is 47.1. The third-order valence-corrected chi connectivity index (χ3v) is 26.2. The van der Waals surface area contributed by atoms with Crippen molar-refractivity contribution in [3.8, 4) is 136 Å². The number of esters is 2. The van der Waals surface area contributed by atoms with Crippen molar-refractivity contribution in [3.05, 3.63) is 255 Å². The molecule has 2 aromatic heterocycles. The van der Waals surface area contributed by atoms with Crippen molar-refractivity contribution >= 4 is 31.7 Å². The van der Waals surface area contributed by atoms with Gasteiger partial charge in [0.2, 0.25) is 0 Å². The summed E-state index contributed by atoms with van der Waals surface area (Å²) >= 11 is -1.99. The number of phenolic OH excluding ortho intramolecular Hbond substituents is 2. The predicted octanol–water partition coefficient (Wildman–Crippen LogP) is 20.6. The van der Waals surface area contributed by atoms with Crippen molar-refractivity contribution < 1.29 is 67.4 Å². The number of unbranched alkanes of at least 4 members (excludes halogenated alkanes) is 7. The molecule has 2 heterocycles. The molecule has 2 unspecified atom stereocenters. The molecular formula is C100H114N6O14Sn. The van der Waals surface area contributed by atoms with E-state index in [1.165, 1.54) is 64.0 Å². The van der Waals surface area contributed by atoms with Crippen LogP contribution in [0.2, 0.25) is 8.87 Å². The van der Waals surface area contributed by atoms with Crippen molar-refractivity contribution in [1.82, 2.24) is 29.9 Å². The van der Waals surface area contributed by atoms with Gasteiger partial charge in [0.1, 0.15) is 29.6 Å². The monoisotopic (exact) mass is 1740 g/mol. The topological polar surface area (TPSA) is 307 Å². The summed E-state index contributed by atoms with van der Waals surface area (Å²) < 4.78 is 35.8. The minimum atomic E-state index is -1.99. The fourth-order valence-corrected chi connectivity index (χ4v) is 17.7. The first-order chi connectivity index (χ1) is 58.8. The number of ether oxygens (including phenoxy) is 4. The Morgan fingerprint density at radius 2 is 0.603 bits per heavy atom. The second kappa shape index (κ2) is 48.9. The van der Waals surface area contributed by atoms with Crippen LogP contribution >= 0.6 is 0 Å². The summed E-state index contributed by atoms with van der Waals surface area (Å²) in [6, 6.07) is 82.1. The molecule has 0 aliphatic carbocycles. The molecule has 12 rings (SSSR count). The van der Waals surface area contributed by atoms with Crippen molar-refractivity contribution in [1.29, 1.82) is 0 Å². The average Bonchev–Trinajstić information content (AvgIpc) is 0.790. The standard InChI is InChI=1S/C44H43N3O4.C42H39N3O6.C6H14O3.2C4H9.O.Sn/c1-3-4-5-6-7-14-29-50-44(49)31(2)51-38-27-28-39(40(48)30-38)43-46-41(36-23-19-34(20-24-36)32-15-10-8-11-16-32)45-42(47-43)37-25-21-35(22-26-37)33-17-12-9-13-18-33;1-3-42(25-46,26-47)27-50-41(49)28(2)51-35-22-23-36(37(48)24-35)40-44-38(33-18-14-31(15-19-33)29-10-6-4-7-11-29)43-39(45-40)34-20-16-32(17-21-34)30-12-8-5-9-13-30;1-2-6(3-7,4-8)5-9;2*1-3-4-2;;/h8-13,15-28,30-31,48H,3-7,14,29H2,1-2H3;4-24,28,46-48H,3,25-27H2,1-2H3;7-9H,2-5H2,1H3;2*1,3-4H2,2H3;;. The Labute approximate surface area is 718 Å². The number of aliphatic hydroxyl groups is 5. The number of hydrogen-bond acceptors (Lipinski definition) is 20. The predicted molar refractivity (Wildman–Crippen MR) is 480 cm³/mol. The summed E-state index contributed by atoms with van der Waals surface area (Å²) in [6.45, 7) is 12.4. The number of aromatic hydroxyl groups is 2. The molecule has 12 aromatic rings. The molecule has 0 spiro atoms. The second-order valence-electron chi connectivity index (χ2n) is 30.1. The Morgan fingerprint density at radius 3 is 0.884 bits per heavy atom. The molecule has 0 fully saturated rings. The second-order valence-corrected chi connectivity index (χ2v) is 36.0. The molecule has 0 saturated heterocycles. The third kappa shape index (κ3) is 27.9. The summed E-state index contributed by atoms with van der Waals surface area (Å²) in [5.74, 6) is 1.63. The molecule has 0 aliphatic rings. The molecule has 2 atom stereocenters. The van der Waals surface area contributed by atoms with Gasteiger partial charge in [-0.15, -0.1) is 0 Å². The molecule has 121 heavy (non-hydrogen) atoms. The summed E-state index contributed by atoms with van der Waals surface area (Å²) in [6.07, 6.45) is 10.6. The van der Waals surface area contributed by atoms with Crippen LogP contribution < -0.4 is 9.47 Å². The zero-order chi connectivity index (χ0) is 86.4. The number of hydrogen-bond donors (Lipinski definition) is 7. The number of phenols is 2. The number of aromatic nitrogens is 6. The Morgan fingerprint density at radius 1 is 0.331 bits per heavy atom. The van der Waals surface area contributed by atoms with Crippen molar-refractivity contribution in [2.45, 2.75) is 147 Å². The number of carbonyl (C=O) groups is 2. The van der Waals surface area contributed by atoms with Crippen LogP contribution in [0.1, 0.15) is 126 Å². The van der Waals surface area contributed by atoms with Crippen LogP contribution in [0.3, 0.4) is 0 Å². The summed E-state index contributed by atoms with van der Waals surface area (Å²) in [5.41, 5.74) is 11.1. The maximum absolute atomic E-state index is 12.7. The van der Waals surface area contributed by atoms with Gasteiger partial charge in [0.05, 0.1) is 56.2 Å². The number of rotatable bonds is 38. The fraction of sp³-hybridized carbons (Fsp3) is 0.320. The zero-order valence-corrected chi connectivity index (χ0v) is 73.3. The molecule has 21 heteroatoms. The van der Waals surface area contributed by atoms with E-state index in [1.54, 1.807) is 38.1 Å². The van der Waals surface area contributed by atoms with Gasteiger partial charge < -0.3 is 54.7 Å². The number of aliphatic hydroxyl groups excluding tert-OH is 5. The van der Waals surface area contributed by atoms with Crippen LogP contribution in [-0.2, 0) is 22.1 Å². The van der Waals surface area contributed by atoms with E-state index in [9.17, 15) is 33.1 Å². The Bertz CT molecular complexity index is 4890. The van der Waals surface area contributed by atoms with Gasteiger partial charge in [-0.3, -0.25) is 0 Å². The molecule has 7 N–H and O–H groups in total. The van der Waals surface area contributed by atoms with Gasteiger partial charge >= 0.3 is 83.2 Å². The number of nitrogens with zero attached hydrogens (tertiary/aromatic N) is 6. The SMILES string of the molecule is CCC(CO)(CO)CO.CCC(CO)(CO)COC(=O)C(C)Oc1ccc(-c2nc(-c3ccc(-c4ccccc4)cc3)nc(-c3ccc(-c4ccccc4)cc3)n2)c(O)c1.CCCCCCCCOC(=O)C(C)Oc1ccc(-c2nc(-c3ccc(-c4ccccc4)cc3)nc(-c3ccc(-c4ccccc4)cc3)n2)c(O)c1.CCC[CH2][Sn](=[O])[CH2]CCC. The molecule has 0 bridgehead atoms. The molecule has 632 valence electrons. The Balaban J connectivity index is 0.000000226. The summed E-state index contributed by atoms with van der Waals surface area (Å²) in [4.78, 5) is 54.2. The van der Waals surface area contributed by atoms with Gasteiger partial charge in [0.25, 0.3) is 0 Å². The summed E-state index contributed by atoms with van der Waals surface area (Å²) in [7, 11) is 0. The van der Waals surface area contributed by atoms with Gasteiger partial charge in [-0.1, -0.05) is 271 Å². The van der Waals surface area contributed by atoms with E-state index in [-0.39, 0.29) is 62.7 Å².